The Morgan fingerprint density at radius 3 is 1.53 bits per heavy atom. The zero-order chi connectivity index (χ0) is 35.2. The van der Waals surface area contributed by atoms with Gasteiger partial charge in [0, 0.05) is 7.11 Å². The number of methoxy groups -OCH3 is 1. The molecular formula is C35H34O12S2. The zero-order valence-electron chi connectivity index (χ0n) is 26.7. The third-order valence-corrected chi connectivity index (χ3v) is 10.2. The Kier molecular flexibility index (Phi) is 11.3. The van der Waals surface area contributed by atoms with Gasteiger partial charge < -0.3 is 18.9 Å². The maximum Gasteiger partial charge on any atom is 0.338 e. The summed E-state index contributed by atoms with van der Waals surface area (Å²) in [6.45, 7) is 2.75. The van der Waals surface area contributed by atoms with Crippen LogP contribution in [0.4, 0.5) is 0 Å². The smallest absolute Gasteiger partial charge is 0.338 e. The van der Waals surface area contributed by atoms with Crippen molar-refractivity contribution < 1.29 is 53.7 Å². The van der Waals surface area contributed by atoms with E-state index in [0.29, 0.717) is 0 Å². The average Bonchev–Trinajstić information content (AvgIpc) is 3.10. The van der Waals surface area contributed by atoms with E-state index in [2.05, 4.69) is 0 Å². The molecule has 0 unspecified atom stereocenters. The topological polar surface area (TPSA) is 158 Å². The van der Waals surface area contributed by atoms with Crippen LogP contribution in [0, 0.1) is 13.8 Å². The molecule has 1 saturated heterocycles. The third kappa shape index (κ3) is 8.78. The molecule has 12 nitrogen and oxygen atoms in total. The number of benzene rings is 4. The van der Waals surface area contributed by atoms with Crippen LogP contribution >= 0.6 is 0 Å². The van der Waals surface area contributed by atoms with Gasteiger partial charge >= 0.3 is 11.9 Å². The van der Waals surface area contributed by atoms with Crippen LogP contribution < -0.4 is 0 Å². The van der Waals surface area contributed by atoms with Crippen molar-refractivity contribution >= 4 is 32.2 Å². The van der Waals surface area contributed by atoms with Gasteiger partial charge in [0.15, 0.2) is 18.5 Å². The van der Waals surface area contributed by atoms with Gasteiger partial charge in [-0.1, -0.05) is 71.8 Å². The van der Waals surface area contributed by atoms with Crippen LogP contribution in [0.2, 0.25) is 0 Å². The second-order valence-corrected chi connectivity index (χ2v) is 14.3. The quantitative estimate of drug-likeness (QED) is 0.149. The Balaban J connectivity index is 1.56. The first-order chi connectivity index (χ1) is 23.4. The summed E-state index contributed by atoms with van der Waals surface area (Å²) < 4.78 is 87.9. The first kappa shape index (κ1) is 35.9. The lowest BCUT2D eigenvalue weighted by Gasteiger charge is -2.43. The molecule has 1 aliphatic heterocycles. The van der Waals surface area contributed by atoms with Crippen molar-refractivity contribution in [2.45, 2.75) is 54.3 Å². The van der Waals surface area contributed by atoms with Gasteiger partial charge in [-0.3, -0.25) is 8.37 Å². The Labute approximate surface area is 284 Å². The van der Waals surface area contributed by atoms with Crippen LogP contribution in [0.3, 0.4) is 0 Å². The number of esters is 2. The van der Waals surface area contributed by atoms with E-state index >= 15 is 0 Å². The molecule has 4 aromatic carbocycles. The minimum absolute atomic E-state index is 0.0889. The van der Waals surface area contributed by atoms with E-state index in [9.17, 15) is 26.4 Å². The number of hydrogen-bond donors (Lipinski definition) is 0. The lowest BCUT2D eigenvalue weighted by atomic mass is 9.98. The average molecular weight is 711 g/mol. The Morgan fingerprint density at radius 1 is 0.612 bits per heavy atom. The monoisotopic (exact) mass is 710 g/mol. The van der Waals surface area contributed by atoms with Crippen LogP contribution in [-0.4, -0.2) is 73.2 Å². The fourth-order valence-electron chi connectivity index (χ4n) is 4.95. The maximum atomic E-state index is 13.7. The van der Waals surface area contributed by atoms with Crippen molar-refractivity contribution in [1.29, 1.82) is 0 Å². The molecule has 258 valence electrons. The van der Waals surface area contributed by atoms with Crippen molar-refractivity contribution in [1.82, 2.24) is 0 Å². The summed E-state index contributed by atoms with van der Waals surface area (Å²) in [6, 6.07) is 27.3. The van der Waals surface area contributed by atoms with Crippen LogP contribution in [0.1, 0.15) is 31.8 Å². The standard InChI is InChI=1S/C35H34O12S2/c1-23-14-18-27(19-15-23)48(38,39)43-22-29-30(47-49(40,41)28-20-16-24(2)17-21-28)31(45-33(36)25-10-6-4-7-11-25)32(35(42-3)44-29)46-34(37)26-12-8-5-9-13-26/h4-21,29-32,35H,22H2,1-3H3/t29-,30+,31-,32+,35+/m0/s1. The highest BCUT2D eigenvalue weighted by molar-refractivity contribution is 7.87. The van der Waals surface area contributed by atoms with Crippen molar-refractivity contribution in [2.75, 3.05) is 13.7 Å². The predicted molar refractivity (Wildman–Crippen MR) is 175 cm³/mol. The van der Waals surface area contributed by atoms with E-state index in [-0.39, 0.29) is 20.9 Å². The highest BCUT2D eigenvalue weighted by Gasteiger charge is 2.53. The van der Waals surface area contributed by atoms with Crippen molar-refractivity contribution in [2.24, 2.45) is 0 Å². The molecule has 1 aliphatic rings. The van der Waals surface area contributed by atoms with Gasteiger partial charge in [0.25, 0.3) is 20.2 Å². The van der Waals surface area contributed by atoms with Crippen molar-refractivity contribution in [3.8, 4) is 0 Å². The van der Waals surface area contributed by atoms with E-state index in [4.69, 9.17) is 27.3 Å². The van der Waals surface area contributed by atoms with E-state index in [0.717, 1.165) is 11.1 Å². The van der Waals surface area contributed by atoms with Gasteiger partial charge in [-0.05, 0) is 62.4 Å². The molecule has 49 heavy (non-hydrogen) atoms. The summed E-state index contributed by atoms with van der Waals surface area (Å²) in [4.78, 5) is 26.4. The number of hydrogen-bond acceptors (Lipinski definition) is 12. The van der Waals surface area contributed by atoms with Gasteiger partial charge in [0.1, 0.15) is 12.2 Å². The second-order valence-electron chi connectivity index (χ2n) is 11.1. The highest BCUT2D eigenvalue weighted by atomic mass is 32.2. The molecule has 0 bridgehead atoms. The van der Waals surface area contributed by atoms with E-state index in [1.54, 1.807) is 74.5 Å². The SMILES string of the molecule is CO[C@@H]1O[C@@H](COS(=O)(=O)c2ccc(C)cc2)[C@@H](OS(=O)(=O)c2ccc(C)cc2)[C@H](OC(=O)c2ccccc2)[C@H]1OC(=O)c1ccccc1. The number of carbonyl (C=O) groups excluding carboxylic acids is 2. The molecule has 0 saturated carbocycles. The maximum absolute atomic E-state index is 13.7. The van der Waals surface area contributed by atoms with E-state index < -0.39 is 69.5 Å². The fourth-order valence-corrected chi connectivity index (χ4v) is 6.97. The third-order valence-electron chi connectivity index (χ3n) is 7.57. The summed E-state index contributed by atoms with van der Waals surface area (Å²) in [7, 11) is -7.82. The normalized spacial score (nSPS) is 21.1. The molecule has 0 spiro atoms. The molecule has 1 heterocycles. The molecule has 0 amide bonds. The van der Waals surface area contributed by atoms with Crippen LogP contribution in [0.25, 0.3) is 0 Å². The molecule has 14 heteroatoms. The number of carbonyl (C=O) groups is 2. The summed E-state index contributed by atoms with van der Waals surface area (Å²) in [5.41, 5.74) is 1.81. The van der Waals surface area contributed by atoms with Gasteiger partial charge in [0.2, 0.25) is 0 Å². The molecule has 0 aromatic heterocycles. The van der Waals surface area contributed by atoms with E-state index in [1.807, 2.05) is 0 Å². The Bertz CT molecular complexity index is 1950. The molecule has 1 fully saturated rings. The molecule has 0 radical (unpaired) electrons. The van der Waals surface area contributed by atoms with E-state index in [1.165, 1.54) is 55.6 Å². The van der Waals surface area contributed by atoms with Gasteiger partial charge in [-0.2, -0.15) is 16.8 Å². The van der Waals surface area contributed by atoms with Crippen LogP contribution in [-0.2, 0) is 47.5 Å². The summed E-state index contributed by atoms with van der Waals surface area (Å²) in [5.74, 6) is -1.79. The molecular weight excluding hydrogens is 677 g/mol. The largest absolute Gasteiger partial charge is 0.452 e. The lowest BCUT2D eigenvalue weighted by molar-refractivity contribution is -0.286. The molecule has 0 aliphatic carbocycles. The first-order valence-corrected chi connectivity index (χ1v) is 17.9. The molecule has 4 aromatic rings. The highest BCUT2D eigenvalue weighted by Crippen LogP contribution is 2.33. The van der Waals surface area contributed by atoms with Crippen molar-refractivity contribution in [3.05, 3.63) is 131 Å². The molecule has 5 rings (SSSR count). The minimum Gasteiger partial charge on any atom is -0.452 e. The molecule has 5 atom stereocenters. The van der Waals surface area contributed by atoms with Crippen LogP contribution in [0.15, 0.2) is 119 Å². The minimum atomic E-state index is -4.64. The number of ether oxygens (including phenoxy) is 4. The summed E-state index contributed by atoms with van der Waals surface area (Å²) in [5, 5.41) is 0. The number of aryl methyl sites for hydroxylation is 2. The Morgan fingerprint density at radius 2 is 1.06 bits per heavy atom. The van der Waals surface area contributed by atoms with Crippen molar-refractivity contribution in [3.63, 3.8) is 0 Å². The first-order valence-electron chi connectivity index (χ1n) is 15.0. The number of rotatable bonds is 12. The van der Waals surface area contributed by atoms with Gasteiger partial charge in [-0.15, -0.1) is 0 Å². The molecule has 0 N–H and O–H groups in total. The summed E-state index contributed by atoms with van der Waals surface area (Å²) >= 11 is 0. The zero-order valence-corrected chi connectivity index (χ0v) is 28.3. The predicted octanol–water partition coefficient (Wildman–Crippen LogP) is 4.61. The second kappa shape index (κ2) is 15.4. The van der Waals surface area contributed by atoms with Gasteiger partial charge in [-0.25, -0.2) is 9.59 Å². The lowest BCUT2D eigenvalue weighted by Crippen LogP contribution is -2.63. The Hall–Kier alpha value is -4.44. The van der Waals surface area contributed by atoms with Gasteiger partial charge in [0.05, 0.1) is 27.5 Å². The summed E-state index contributed by atoms with van der Waals surface area (Å²) in [6.07, 6.45) is -8.21. The fraction of sp³-hybridized carbons (Fsp3) is 0.257. The van der Waals surface area contributed by atoms with Crippen LogP contribution in [0.5, 0.6) is 0 Å².